The van der Waals surface area contributed by atoms with Gasteiger partial charge in [-0.05, 0) is 49.8 Å². The third-order valence-electron chi connectivity index (χ3n) is 4.59. The number of aryl methyl sites for hydroxylation is 1. The van der Waals surface area contributed by atoms with Gasteiger partial charge in [0.25, 0.3) is 0 Å². The molecule has 108 valence electrons. The first kappa shape index (κ1) is 13.6. The van der Waals surface area contributed by atoms with Crippen LogP contribution in [0.1, 0.15) is 49.8 Å². The van der Waals surface area contributed by atoms with Crippen molar-refractivity contribution in [1.82, 2.24) is 10.2 Å². The Labute approximate surface area is 121 Å². The molecule has 1 aliphatic carbocycles. The molecule has 1 aromatic carbocycles. The largest absolute Gasteiger partial charge is 0.334 e. The summed E-state index contributed by atoms with van der Waals surface area (Å²) in [7, 11) is 0. The second-order valence-electron chi connectivity index (χ2n) is 5.93. The summed E-state index contributed by atoms with van der Waals surface area (Å²) in [5, 5.41) is 3.38. The summed E-state index contributed by atoms with van der Waals surface area (Å²) < 4.78 is 0. The summed E-state index contributed by atoms with van der Waals surface area (Å²) in [4.78, 5) is 14.7. The van der Waals surface area contributed by atoms with Crippen LogP contribution in [0.25, 0.3) is 0 Å². The van der Waals surface area contributed by atoms with Crippen molar-refractivity contribution < 1.29 is 4.79 Å². The second-order valence-corrected chi connectivity index (χ2v) is 5.93. The SMILES string of the molecule is CCCNC1CCN(C2CCCc3ccccc32)C1=O. The molecular weight excluding hydrogens is 248 g/mol. The maximum absolute atomic E-state index is 12.6. The van der Waals surface area contributed by atoms with Gasteiger partial charge >= 0.3 is 0 Å². The molecule has 1 aliphatic heterocycles. The number of hydrogen-bond donors (Lipinski definition) is 1. The van der Waals surface area contributed by atoms with Crippen LogP contribution < -0.4 is 5.32 Å². The number of fused-ring (bicyclic) bond motifs is 1. The van der Waals surface area contributed by atoms with Gasteiger partial charge in [-0.1, -0.05) is 31.2 Å². The molecule has 3 rings (SSSR count). The van der Waals surface area contributed by atoms with E-state index in [4.69, 9.17) is 0 Å². The predicted octanol–water partition coefficient (Wildman–Crippen LogP) is 2.66. The minimum atomic E-state index is 0.0454. The molecule has 1 heterocycles. The number of carbonyl (C=O) groups is 1. The fourth-order valence-electron chi connectivity index (χ4n) is 3.57. The molecule has 3 heteroatoms. The normalized spacial score (nSPS) is 25.9. The van der Waals surface area contributed by atoms with Crippen molar-refractivity contribution >= 4 is 5.91 Å². The smallest absolute Gasteiger partial charge is 0.240 e. The van der Waals surface area contributed by atoms with Crippen molar-refractivity contribution in [2.24, 2.45) is 0 Å². The third kappa shape index (κ3) is 2.47. The molecule has 1 fully saturated rings. The highest BCUT2D eigenvalue weighted by molar-refractivity contribution is 5.84. The molecule has 0 bridgehead atoms. The van der Waals surface area contributed by atoms with Crippen LogP contribution in [0.3, 0.4) is 0 Å². The zero-order valence-corrected chi connectivity index (χ0v) is 12.3. The molecule has 20 heavy (non-hydrogen) atoms. The van der Waals surface area contributed by atoms with Crippen LogP contribution in [0.15, 0.2) is 24.3 Å². The first-order valence-corrected chi connectivity index (χ1v) is 7.93. The molecule has 3 nitrogen and oxygen atoms in total. The van der Waals surface area contributed by atoms with Crippen molar-refractivity contribution in [3.8, 4) is 0 Å². The number of amides is 1. The fourth-order valence-corrected chi connectivity index (χ4v) is 3.57. The van der Waals surface area contributed by atoms with E-state index >= 15 is 0 Å². The molecule has 1 saturated heterocycles. The van der Waals surface area contributed by atoms with E-state index < -0.39 is 0 Å². The van der Waals surface area contributed by atoms with Gasteiger partial charge in [-0.25, -0.2) is 0 Å². The molecule has 0 radical (unpaired) electrons. The van der Waals surface area contributed by atoms with E-state index in [9.17, 15) is 4.79 Å². The molecule has 0 spiro atoms. The van der Waals surface area contributed by atoms with E-state index in [1.807, 2.05) is 0 Å². The molecule has 1 N–H and O–H groups in total. The van der Waals surface area contributed by atoms with Crippen molar-refractivity contribution in [2.75, 3.05) is 13.1 Å². The van der Waals surface area contributed by atoms with Gasteiger partial charge in [-0.15, -0.1) is 0 Å². The van der Waals surface area contributed by atoms with E-state index in [1.165, 1.54) is 17.5 Å². The van der Waals surface area contributed by atoms with Crippen LogP contribution in [-0.4, -0.2) is 29.9 Å². The quantitative estimate of drug-likeness (QED) is 0.914. The standard InChI is InChI=1S/C17H24N2O/c1-2-11-18-15-10-12-19(17(15)20)16-9-5-7-13-6-3-4-8-14(13)16/h3-4,6,8,15-16,18H,2,5,7,9-12H2,1H3. The minimum Gasteiger partial charge on any atom is -0.334 e. The van der Waals surface area contributed by atoms with Crippen LogP contribution in [0, 0.1) is 0 Å². The van der Waals surface area contributed by atoms with Crippen LogP contribution in [-0.2, 0) is 11.2 Å². The Hall–Kier alpha value is -1.35. The van der Waals surface area contributed by atoms with Gasteiger partial charge in [0.1, 0.15) is 0 Å². The second kappa shape index (κ2) is 5.96. The average Bonchev–Trinajstić information content (AvgIpc) is 2.85. The Morgan fingerprint density at radius 2 is 2.15 bits per heavy atom. The Balaban J connectivity index is 1.76. The van der Waals surface area contributed by atoms with Gasteiger partial charge < -0.3 is 10.2 Å². The minimum absolute atomic E-state index is 0.0454. The highest BCUT2D eigenvalue weighted by Crippen LogP contribution is 2.36. The maximum atomic E-state index is 12.6. The molecular formula is C17H24N2O. The topological polar surface area (TPSA) is 32.3 Å². The number of likely N-dealkylation sites (tertiary alicyclic amines) is 1. The van der Waals surface area contributed by atoms with Crippen molar-refractivity contribution in [3.05, 3.63) is 35.4 Å². The third-order valence-corrected chi connectivity index (χ3v) is 4.59. The number of rotatable bonds is 4. The predicted molar refractivity (Wildman–Crippen MR) is 80.5 cm³/mol. The summed E-state index contributed by atoms with van der Waals surface area (Å²) >= 11 is 0. The first-order valence-electron chi connectivity index (χ1n) is 7.93. The maximum Gasteiger partial charge on any atom is 0.240 e. The van der Waals surface area contributed by atoms with E-state index in [0.29, 0.717) is 11.9 Å². The van der Waals surface area contributed by atoms with E-state index in [-0.39, 0.29) is 6.04 Å². The van der Waals surface area contributed by atoms with Crippen molar-refractivity contribution in [3.63, 3.8) is 0 Å². The average molecular weight is 272 g/mol. The number of benzene rings is 1. The number of carbonyl (C=O) groups excluding carboxylic acids is 1. The summed E-state index contributed by atoms with van der Waals surface area (Å²) in [6.45, 7) is 3.98. The lowest BCUT2D eigenvalue weighted by Gasteiger charge is -2.33. The van der Waals surface area contributed by atoms with Crippen LogP contribution >= 0.6 is 0 Å². The lowest BCUT2D eigenvalue weighted by Crippen LogP contribution is -2.40. The zero-order chi connectivity index (χ0) is 13.9. The molecule has 1 aromatic rings. The Kier molecular flexibility index (Phi) is 4.06. The first-order chi connectivity index (χ1) is 9.81. The highest BCUT2D eigenvalue weighted by Gasteiger charge is 2.37. The zero-order valence-electron chi connectivity index (χ0n) is 12.3. The molecule has 2 unspecified atom stereocenters. The van der Waals surface area contributed by atoms with Crippen LogP contribution in [0.4, 0.5) is 0 Å². The number of hydrogen-bond acceptors (Lipinski definition) is 2. The molecule has 0 aromatic heterocycles. The van der Waals surface area contributed by atoms with E-state index in [1.54, 1.807) is 0 Å². The molecule has 0 saturated carbocycles. The molecule has 2 aliphatic rings. The van der Waals surface area contributed by atoms with Gasteiger partial charge in [0.15, 0.2) is 0 Å². The number of nitrogens with zero attached hydrogens (tertiary/aromatic N) is 1. The summed E-state index contributed by atoms with van der Waals surface area (Å²) in [5.74, 6) is 0.306. The summed E-state index contributed by atoms with van der Waals surface area (Å²) in [5.41, 5.74) is 2.81. The van der Waals surface area contributed by atoms with Gasteiger partial charge in [0.2, 0.25) is 5.91 Å². The Morgan fingerprint density at radius 1 is 1.30 bits per heavy atom. The summed E-state index contributed by atoms with van der Waals surface area (Å²) in [6, 6.07) is 8.99. The van der Waals surface area contributed by atoms with Gasteiger partial charge in [0.05, 0.1) is 12.1 Å². The van der Waals surface area contributed by atoms with Crippen molar-refractivity contribution in [1.29, 1.82) is 0 Å². The Morgan fingerprint density at radius 3 is 3.00 bits per heavy atom. The highest BCUT2D eigenvalue weighted by atomic mass is 16.2. The van der Waals surface area contributed by atoms with Gasteiger partial charge in [-0.3, -0.25) is 4.79 Å². The lowest BCUT2D eigenvalue weighted by molar-refractivity contribution is -0.131. The van der Waals surface area contributed by atoms with Gasteiger partial charge in [0, 0.05) is 6.54 Å². The van der Waals surface area contributed by atoms with Crippen molar-refractivity contribution in [2.45, 2.75) is 51.1 Å². The monoisotopic (exact) mass is 272 g/mol. The lowest BCUT2D eigenvalue weighted by atomic mass is 9.87. The molecule has 1 amide bonds. The van der Waals surface area contributed by atoms with E-state index in [0.717, 1.165) is 38.8 Å². The Bertz CT molecular complexity index is 486. The fraction of sp³-hybridized carbons (Fsp3) is 0.588. The van der Waals surface area contributed by atoms with Crippen LogP contribution in [0.2, 0.25) is 0 Å². The van der Waals surface area contributed by atoms with Crippen LogP contribution in [0.5, 0.6) is 0 Å². The van der Waals surface area contributed by atoms with E-state index in [2.05, 4.69) is 41.4 Å². The summed E-state index contributed by atoms with van der Waals surface area (Å²) in [6.07, 6.45) is 5.50. The van der Waals surface area contributed by atoms with Gasteiger partial charge in [-0.2, -0.15) is 0 Å². The molecule has 2 atom stereocenters. The number of nitrogens with one attached hydrogen (secondary N) is 1.